The number of nitrogens with zero attached hydrogens (tertiary/aromatic N) is 4. The van der Waals surface area contributed by atoms with Gasteiger partial charge in [-0.15, -0.1) is 0 Å². The second-order valence-corrected chi connectivity index (χ2v) is 6.58. The summed E-state index contributed by atoms with van der Waals surface area (Å²) in [6, 6.07) is -0.171. The number of hydrogen-bond donors (Lipinski definition) is 0. The monoisotopic (exact) mass is 352 g/mol. The van der Waals surface area contributed by atoms with Crippen LogP contribution < -0.4 is 0 Å². The van der Waals surface area contributed by atoms with E-state index in [1.807, 2.05) is 32.2 Å². The molecule has 8 nitrogen and oxygen atoms in total. The van der Waals surface area contributed by atoms with Crippen molar-refractivity contribution in [2.75, 3.05) is 40.9 Å². The highest BCUT2D eigenvalue weighted by Gasteiger charge is 2.37. The van der Waals surface area contributed by atoms with Gasteiger partial charge in [0.15, 0.2) is 0 Å². The summed E-state index contributed by atoms with van der Waals surface area (Å²) < 4.78 is 12.3. The van der Waals surface area contributed by atoms with Crippen molar-refractivity contribution in [1.82, 2.24) is 19.6 Å². The maximum Gasteiger partial charge on any atom is 0.305 e. The zero-order chi connectivity index (χ0) is 18.4. The van der Waals surface area contributed by atoms with E-state index in [1.165, 1.54) is 7.11 Å². The Morgan fingerprint density at radius 2 is 2.16 bits per heavy atom. The molecular formula is C17H28N4O4. The van der Waals surface area contributed by atoms with E-state index in [0.29, 0.717) is 32.5 Å². The van der Waals surface area contributed by atoms with E-state index in [4.69, 9.17) is 4.74 Å². The van der Waals surface area contributed by atoms with Crippen LogP contribution in [0.3, 0.4) is 0 Å². The molecule has 2 atom stereocenters. The summed E-state index contributed by atoms with van der Waals surface area (Å²) in [6.07, 6.45) is 4.66. The Bertz CT molecular complexity index is 587. The first-order valence-corrected chi connectivity index (χ1v) is 8.53. The normalized spacial score (nSPS) is 20.8. The van der Waals surface area contributed by atoms with Crippen molar-refractivity contribution in [2.45, 2.75) is 31.4 Å². The van der Waals surface area contributed by atoms with Crippen molar-refractivity contribution in [2.24, 2.45) is 7.05 Å². The summed E-state index contributed by atoms with van der Waals surface area (Å²) in [6.45, 7) is 1.77. The number of amides is 1. The molecule has 1 aliphatic rings. The van der Waals surface area contributed by atoms with Crippen LogP contribution in [0.5, 0.6) is 0 Å². The second kappa shape index (κ2) is 8.96. The molecule has 8 heteroatoms. The van der Waals surface area contributed by atoms with Crippen molar-refractivity contribution in [3.8, 4) is 0 Å². The molecule has 0 N–H and O–H groups in total. The molecule has 1 fully saturated rings. The molecule has 0 unspecified atom stereocenters. The van der Waals surface area contributed by atoms with Gasteiger partial charge in [0.1, 0.15) is 0 Å². The van der Waals surface area contributed by atoms with E-state index < -0.39 is 0 Å². The van der Waals surface area contributed by atoms with Crippen LogP contribution in [0, 0.1) is 0 Å². The SMILES string of the molecule is COC(=O)CCCC(=O)N1CCO[C@@H](CN(C)C)[C@@H]1c1cnn(C)c1. The molecule has 0 radical (unpaired) electrons. The Labute approximate surface area is 148 Å². The van der Waals surface area contributed by atoms with Gasteiger partial charge in [0.2, 0.25) is 5.91 Å². The summed E-state index contributed by atoms with van der Waals surface area (Å²) in [4.78, 5) is 27.9. The zero-order valence-corrected chi connectivity index (χ0v) is 15.5. The largest absolute Gasteiger partial charge is 0.469 e. The third kappa shape index (κ3) is 5.27. The summed E-state index contributed by atoms with van der Waals surface area (Å²) in [5.74, 6) is -0.256. The number of carbonyl (C=O) groups excluding carboxylic acids is 2. The van der Waals surface area contributed by atoms with E-state index in [1.54, 1.807) is 10.9 Å². The number of likely N-dealkylation sites (N-methyl/N-ethyl adjacent to an activating group) is 1. The van der Waals surface area contributed by atoms with Gasteiger partial charge < -0.3 is 19.3 Å². The van der Waals surface area contributed by atoms with Crippen molar-refractivity contribution in [3.05, 3.63) is 18.0 Å². The number of rotatable bonds is 7. The van der Waals surface area contributed by atoms with Crippen LogP contribution in [-0.4, -0.2) is 78.5 Å². The predicted molar refractivity (Wildman–Crippen MR) is 91.8 cm³/mol. The van der Waals surface area contributed by atoms with E-state index >= 15 is 0 Å². The Morgan fingerprint density at radius 3 is 2.76 bits per heavy atom. The summed E-state index contributed by atoms with van der Waals surface area (Å²) >= 11 is 0. The Hall–Kier alpha value is -1.93. The highest BCUT2D eigenvalue weighted by molar-refractivity contribution is 5.78. The first-order valence-electron chi connectivity index (χ1n) is 8.53. The van der Waals surface area contributed by atoms with Crippen molar-refractivity contribution in [3.63, 3.8) is 0 Å². The number of aromatic nitrogens is 2. The fourth-order valence-corrected chi connectivity index (χ4v) is 3.14. The Morgan fingerprint density at radius 1 is 1.40 bits per heavy atom. The van der Waals surface area contributed by atoms with Crippen molar-refractivity contribution >= 4 is 11.9 Å². The average molecular weight is 352 g/mol. The van der Waals surface area contributed by atoms with Crippen LogP contribution in [0.15, 0.2) is 12.4 Å². The fraction of sp³-hybridized carbons (Fsp3) is 0.706. The predicted octanol–water partition coefficient (Wildman–Crippen LogP) is 0.594. The maximum atomic E-state index is 12.8. The molecule has 1 amide bonds. The lowest BCUT2D eigenvalue weighted by Gasteiger charge is -2.42. The zero-order valence-electron chi connectivity index (χ0n) is 15.5. The molecular weight excluding hydrogens is 324 g/mol. The Kier molecular flexibility index (Phi) is 6.95. The molecule has 1 aromatic rings. The van der Waals surface area contributed by atoms with Crippen LogP contribution in [0.4, 0.5) is 0 Å². The van der Waals surface area contributed by atoms with Gasteiger partial charge in [-0.25, -0.2) is 0 Å². The Balaban J connectivity index is 2.12. The third-order valence-electron chi connectivity index (χ3n) is 4.28. The molecule has 0 saturated carbocycles. The molecule has 0 aromatic carbocycles. The summed E-state index contributed by atoms with van der Waals surface area (Å²) in [5.41, 5.74) is 0.968. The van der Waals surface area contributed by atoms with Crippen molar-refractivity contribution in [1.29, 1.82) is 0 Å². The number of esters is 1. The lowest BCUT2D eigenvalue weighted by Crippen LogP contribution is -2.51. The van der Waals surface area contributed by atoms with Crippen LogP contribution in [-0.2, 0) is 26.1 Å². The van der Waals surface area contributed by atoms with Gasteiger partial charge >= 0.3 is 5.97 Å². The van der Waals surface area contributed by atoms with Gasteiger partial charge in [-0.1, -0.05) is 0 Å². The number of carbonyl (C=O) groups is 2. The van der Waals surface area contributed by atoms with Crippen LogP contribution in [0.1, 0.15) is 30.9 Å². The molecule has 0 spiro atoms. The average Bonchev–Trinajstić information content (AvgIpc) is 2.99. The molecule has 140 valence electrons. The smallest absolute Gasteiger partial charge is 0.305 e. The maximum absolute atomic E-state index is 12.8. The van der Waals surface area contributed by atoms with Gasteiger partial charge in [-0.05, 0) is 20.5 Å². The number of morpholine rings is 1. The number of methoxy groups -OCH3 is 1. The highest BCUT2D eigenvalue weighted by Crippen LogP contribution is 2.30. The van der Waals surface area contributed by atoms with Gasteiger partial charge in [-0.2, -0.15) is 5.10 Å². The highest BCUT2D eigenvalue weighted by atomic mass is 16.5. The minimum Gasteiger partial charge on any atom is -0.469 e. The number of hydrogen-bond acceptors (Lipinski definition) is 6. The second-order valence-electron chi connectivity index (χ2n) is 6.58. The summed E-state index contributed by atoms with van der Waals surface area (Å²) in [5, 5.41) is 4.24. The van der Waals surface area contributed by atoms with E-state index in [2.05, 4.69) is 14.7 Å². The van der Waals surface area contributed by atoms with Gasteiger partial charge in [0.25, 0.3) is 0 Å². The molecule has 0 aliphatic carbocycles. The molecule has 2 rings (SSSR count). The topological polar surface area (TPSA) is 76.9 Å². The van der Waals surface area contributed by atoms with Crippen LogP contribution in [0.25, 0.3) is 0 Å². The van der Waals surface area contributed by atoms with E-state index in [-0.39, 0.29) is 30.4 Å². The first-order chi connectivity index (χ1) is 11.9. The first kappa shape index (κ1) is 19.4. The lowest BCUT2D eigenvalue weighted by atomic mass is 9.99. The molecule has 1 aromatic heterocycles. The van der Waals surface area contributed by atoms with Gasteiger partial charge in [0.05, 0.1) is 32.1 Å². The standard InChI is InChI=1S/C17H28N4O4/c1-19(2)12-14-17(13-10-18-20(3)11-13)21(8-9-25-14)15(22)6-5-7-16(23)24-4/h10-11,14,17H,5-9,12H2,1-4H3/t14-,17-/m0/s1. The third-order valence-corrected chi connectivity index (χ3v) is 4.28. The minimum absolute atomic E-state index is 0.0322. The molecule has 2 heterocycles. The molecule has 1 aliphatic heterocycles. The fourth-order valence-electron chi connectivity index (χ4n) is 3.14. The summed E-state index contributed by atoms with van der Waals surface area (Å²) in [7, 11) is 7.19. The lowest BCUT2D eigenvalue weighted by molar-refractivity contribution is -0.148. The van der Waals surface area contributed by atoms with Crippen LogP contribution in [0.2, 0.25) is 0 Å². The number of ether oxygens (including phenoxy) is 2. The van der Waals surface area contributed by atoms with Crippen LogP contribution >= 0.6 is 0 Å². The quantitative estimate of drug-likeness (QED) is 0.669. The minimum atomic E-state index is -0.288. The molecule has 0 bridgehead atoms. The number of aryl methyl sites for hydroxylation is 1. The van der Waals surface area contributed by atoms with Gasteiger partial charge in [-0.3, -0.25) is 14.3 Å². The van der Waals surface area contributed by atoms with Crippen molar-refractivity contribution < 1.29 is 19.1 Å². The van der Waals surface area contributed by atoms with Gasteiger partial charge in [0, 0.05) is 44.7 Å². The van der Waals surface area contributed by atoms with E-state index in [9.17, 15) is 9.59 Å². The molecule has 1 saturated heterocycles. The molecule has 25 heavy (non-hydrogen) atoms. The van der Waals surface area contributed by atoms with E-state index in [0.717, 1.165) is 5.56 Å².